The largest absolute Gasteiger partial charge is 0.392 e. The van der Waals surface area contributed by atoms with Gasteiger partial charge in [0.25, 0.3) is 5.91 Å². The second-order valence-corrected chi connectivity index (χ2v) is 13.2. The van der Waals surface area contributed by atoms with Gasteiger partial charge >= 0.3 is 0 Å². The van der Waals surface area contributed by atoms with Gasteiger partial charge in [-0.15, -0.1) is 0 Å². The normalized spacial score (nSPS) is 21.9. The summed E-state index contributed by atoms with van der Waals surface area (Å²) in [6.45, 7) is 4.46. The highest BCUT2D eigenvalue weighted by Crippen LogP contribution is 2.37. The van der Waals surface area contributed by atoms with Gasteiger partial charge in [-0.3, -0.25) is 24.6 Å². The first-order valence-corrected chi connectivity index (χ1v) is 16.5. The Hall–Kier alpha value is -4.39. The first kappa shape index (κ1) is 31.2. The summed E-state index contributed by atoms with van der Waals surface area (Å²) in [5, 5.41) is 26.6. The van der Waals surface area contributed by atoms with Crippen LogP contribution in [0.15, 0.2) is 54.9 Å². The molecule has 1 aromatic heterocycles. The van der Waals surface area contributed by atoms with Crippen LogP contribution >= 0.6 is 0 Å². The lowest BCUT2D eigenvalue weighted by atomic mass is 9.83. The lowest BCUT2D eigenvalue weighted by molar-refractivity contribution is -0.136. The SMILES string of the molecule is O=C1CCC(N2Cc3cc(C4(O)CCN(Cc5ccc(N6CCC(Nc7ncc(CO)cn7)CC6)cc5)CC4)ccc3C2=O)C(=O)N1. The molecule has 0 spiro atoms. The van der Waals surface area contributed by atoms with Crippen LogP contribution in [-0.4, -0.2) is 86.0 Å². The number of nitrogens with zero attached hydrogens (tertiary/aromatic N) is 5. The van der Waals surface area contributed by atoms with E-state index in [9.17, 15) is 24.6 Å². The van der Waals surface area contributed by atoms with Crippen molar-refractivity contribution in [3.63, 3.8) is 0 Å². The van der Waals surface area contributed by atoms with E-state index >= 15 is 0 Å². The number of amides is 3. The zero-order valence-corrected chi connectivity index (χ0v) is 26.4. The molecule has 47 heavy (non-hydrogen) atoms. The number of fused-ring (bicyclic) bond motifs is 1. The van der Waals surface area contributed by atoms with Crippen molar-refractivity contribution in [3.8, 4) is 0 Å². The predicted molar refractivity (Wildman–Crippen MR) is 174 cm³/mol. The fraction of sp³-hybridized carbons (Fsp3) is 0.457. The van der Waals surface area contributed by atoms with Crippen LogP contribution in [0, 0.1) is 0 Å². The lowest BCUT2D eigenvalue weighted by Gasteiger charge is -2.39. The molecule has 0 radical (unpaired) electrons. The van der Waals surface area contributed by atoms with E-state index < -0.39 is 17.6 Å². The van der Waals surface area contributed by atoms with Crippen molar-refractivity contribution in [3.05, 3.63) is 82.7 Å². The van der Waals surface area contributed by atoms with E-state index in [1.165, 1.54) is 11.3 Å². The Bertz CT molecular complexity index is 1630. The average Bonchev–Trinajstić information content (AvgIpc) is 3.42. The fourth-order valence-corrected chi connectivity index (χ4v) is 7.28. The van der Waals surface area contributed by atoms with E-state index in [1.807, 2.05) is 12.1 Å². The number of carbonyl (C=O) groups is 3. The first-order valence-electron chi connectivity index (χ1n) is 16.5. The molecule has 5 heterocycles. The molecular weight excluding hydrogens is 598 g/mol. The number of imide groups is 1. The van der Waals surface area contributed by atoms with Gasteiger partial charge in [-0.05, 0) is 67.0 Å². The molecule has 3 fully saturated rings. The number of rotatable bonds is 8. The van der Waals surface area contributed by atoms with E-state index in [4.69, 9.17) is 0 Å². The Kier molecular flexibility index (Phi) is 8.65. The van der Waals surface area contributed by atoms with Crippen LogP contribution in [0.2, 0.25) is 0 Å². The molecule has 7 rings (SSSR count). The maximum atomic E-state index is 13.1. The van der Waals surface area contributed by atoms with Crippen molar-refractivity contribution in [2.24, 2.45) is 0 Å². The molecule has 2 aromatic carbocycles. The minimum absolute atomic E-state index is 0.0589. The van der Waals surface area contributed by atoms with Gasteiger partial charge in [-0.25, -0.2) is 9.97 Å². The summed E-state index contributed by atoms with van der Waals surface area (Å²) in [6.07, 6.45) is 7.01. The van der Waals surface area contributed by atoms with Crippen molar-refractivity contribution in [2.75, 3.05) is 36.4 Å². The minimum atomic E-state index is -0.976. The highest BCUT2D eigenvalue weighted by atomic mass is 16.3. The molecule has 12 nitrogen and oxygen atoms in total. The smallest absolute Gasteiger partial charge is 0.255 e. The molecule has 3 saturated heterocycles. The number of aliphatic hydroxyl groups excluding tert-OH is 1. The molecule has 246 valence electrons. The summed E-state index contributed by atoms with van der Waals surface area (Å²) in [6, 6.07) is 14.0. The van der Waals surface area contributed by atoms with Gasteiger partial charge in [0.15, 0.2) is 0 Å². The number of hydrogen-bond acceptors (Lipinski definition) is 10. The number of anilines is 2. The quantitative estimate of drug-likeness (QED) is 0.270. The Morgan fingerprint density at radius 3 is 2.32 bits per heavy atom. The van der Waals surface area contributed by atoms with Gasteiger partial charge in [0.2, 0.25) is 17.8 Å². The molecule has 1 unspecified atom stereocenters. The summed E-state index contributed by atoms with van der Waals surface area (Å²) in [7, 11) is 0. The number of hydrogen-bond donors (Lipinski definition) is 4. The number of aliphatic hydroxyl groups is 2. The summed E-state index contributed by atoms with van der Waals surface area (Å²) >= 11 is 0. The fourth-order valence-electron chi connectivity index (χ4n) is 7.28. The number of piperidine rings is 3. The summed E-state index contributed by atoms with van der Waals surface area (Å²) in [5.41, 5.74) is 4.37. The molecule has 4 N–H and O–H groups in total. The van der Waals surface area contributed by atoms with Gasteiger partial charge in [-0.2, -0.15) is 0 Å². The summed E-state index contributed by atoms with van der Waals surface area (Å²) in [5.74, 6) is -0.325. The second kappa shape index (κ2) is 13.0. The molecular formula is C35H41N7O5. The van der Waals surface area contributed by atoms with Crippen LogP contribution in [0.4, 0.5) is 11.6 Å². The lowest BCUT2D eigenvalue weighted by Crippen LogP contribution is -2.52. The minimum Gasteiger partial charge on any atom is -0.392 e. The van der Waals surface area contributed by atoms with Gasteiger partial charge in [0.05, 0.1) is 12.2 Å². The molecule has 4 aliphatic rings. The van der Waals surface area contributed by atoms with E-state index in [-0.39, 0.29) is 24.8 Å². The standard InChI is InChI=1S/C35H41N7O5/c43-22-24-18-36-34(37-19-24)38-27-9-13-41(14-10-27)28-4-1-23(2-5-28)20-40-15-11-35(47,12-16-40)26-3-6-29-25(17-26)21-42(33(29)46)30-7-8-31(44)39-32(30)45/h1-6,17-19,27,30,43,47H,7-16,20-22H2,(H,36,37,38)(H,39,44,45). The molecule has 0 bridgehead atoms. The third-order valence-corrected chi connectivity index (χ3v) is 10.2. The molecule has 0 saturated carbocycles. The predicted octanol–water partition coefficient (Wildman–Crippen LogP) is 2.29. The van der Waals surface area contributed by atoms with E-state index in [0.717, 1.165) is 56.7 Å². The van der Waals surface area contributed by atoms with Crippen LogP contribution in [0.3, 0.4) is 0 Å². The van der Waals surface area contributed by atoms with Crippen molar-refractivity contribution >= 4 is 29.4 Å². The van der Waals surface area contributed by atoms with Gasteiger partial charge in [-0.1, -0.05) is 24.3 Å². The van der Waals surface area contributed by atoms with Crippen LogP contribution in [0.25, 0.3) is 0 Å². The van der Waals surface area contributed by atoms with Crippen molar-refractivity contribution in [1.29, 1.82) is 0 Å². The molecule has 0 aliphatic carbocycles. The number of carbonyl (C=O) groups excluding carboxylic acids is 3. The van der Waals surface area contributed by atoms with E-state index in [0.29, 0.717) is 48.9 Å². The molecule has 12 heteroatoms. The Morgan fingerprint density at radius 1 is 0.915 bits per heavy atom. The average molecular weight is 640 g/mol. The third-order valence-electron chi connectivity index (χ3n) is 10.2. The van der Waals surface area contributed by atoms with E-state index in [1.54, 1.807) is 23.4 Å². The Morgan fingerprint density at radius 2 is 1.64 bits per heavy atom. The highest BCUT2D eigenvalue weighted by molar-refractivity contribution is 6.05. The highest BCUT2D eigenvalue weighted by Gasteiger charge is 2.41. The van der Waals surface area contributed by atoms with Gasteiger partial charge in [0, 0.05) is 80.9 Å². The van der Waals surface area contributed by atoms with E-state index in [2.05, 4.69) is 54.7 Å². The van der Waals surface area contributed by atoms with Crippen molar-refractivity contribution < 1.29 is 24.6 Å². The number of likely N-dealkylation sites (tertiary alicyclic amines) is 1. The van der Waals surface area contributed by atoms with Crippen LogP contribution in [0.5, 0.6) is 0 Å². The first-order chi connectivity index (χ1) is 22.8. The third kappa shape index (κ3) is 6.58. The summed E-state index contributed by atoms with van der Waals surface area (Å²) < 4.78 is 0. The number of nitrogens with one attached hydrogen (secondary N) is 2. The zero-order chi connectivity index (χ0) is 32.5. The maximum absolute atomic E-state index is 13.1. The molecule has 3 aromatic rings. The second-order valence-electron chi connectivity index (χ2n) is 13.2. The van der Waals surface area contributed by atoms with Gasteiger partial charge in [0.1, 0.15) is 6.04 Å². The Balaban J connectivity index is 0.895. The maximum Gasteiger partial charge on any atom is 0.255 e. The van der Waals surface area contributed by atoms with Crippen LogP contribution in [0.1, 0.15) is 71.1 Å². The molecule has 4 aliphatic heterocycles. The van der Waals surface area contributed by atoms with Gasteiger partial charge < -0.3 is 25.3 Å². The van der Waals surface area contributed by atoms with Crippen LogP contribution in [-0.2, 0) is 34.9 Å². The van der Waals surface area contributed by atoms with Crippen LogP contribution < -0.4 is 15.5 Å². The zero-order valence-electron chi connectivity index (χ0n) is 26.4. The van der Waals surface area contributed by atoms with Crippen molar-refractivity contribution in [1.82, 2.24) is 25.1 Å². The summed E-state index contributed by atoms with van der Waals surface area (Å²) in [4.78, 5) is 52.0. The monoisotopic (exact) mass is 639 g/mol. The topological polar surface area (TPSA) is 151 Å². The Labute approximate surface area is 273 Å². The van der Waals surface area contributed by atoms with Crippen molar-refractivity contribution in [2.45, 2.75) is 75.9 Å². The molecule has 1 atom stereocenters. The number of aromatic nitrogens is 2. The molecule has 3 amide bonds. The number of benzene rings is 2.